The lowest BCUT2D eigenvalue weighted by Crippen LogP contribution is -2.43. The van der Waals surface area contributed by atoms with E-state index in [9.17, 15) is 18.0 Å². The van der Waals surface area contributed by atoms with Crippen molar-refractivity contribution in [3.05, 3.63) is 24.3 Å². The van der Waals surface area contributed by atoms with E-state index in [1.165, 1.54) is 47.4 Å². The predicted octanol–water partition coefficient (Wildman–Crippen LogP) is 4.92. The smallest absolute Gasteiger partial charge is 0.406 e. The van der Waals surface area contributed by atoms with Crippen LogP contribution in [-0.4, -0.2) is 45.2 Å². The molecule has 1 heterocycles. The number of aromatic nitrogens is 2. The molecule has 0 saturated carbocycles. The fraction of sp³-hybridized carbons (Fsp3) is 0.471. The number of carbonyl (C=O) groups excluding carboxylic acids is 1. The number of nitrogens with zero attached hydrogens (tertiary/aromatic N) is 3. The molecule has 0 radical (unpaired) electrons. The Kier molecular flexibility index (Phi) is 7.53. The first-order valence-corrected chi connectivity index (χ1v) is 10.3. The fourth-order valence-electron chi connectivity index (χ4n) is 2.55. The summed E-state index contributed by atoms with van der Waals surface area (Å²) >= 11 is 2.56. The molecule has 2 aromatic rings. The van der Waals surface area contributed by atoms with Crippen LogP contribution in [0.2, 0.25) is 0 Å². The molecule has 28 heavy (non-hydrogen) atoms. The summed E-state index contributed by atoms with van der Waals surface area (Å²) in [5, 5.41) is 11.4. The van der Waals surface area contributed by atoms with E-state index in [0.717, 1.165) is 0 Å². The van der Waals surface area contributed by atoms with Gasteiger partial charge in [0.15, 0.2) is 4.34 Å². The third kappa shape index (κ3) is 6.86. The lowest BCUT2D eigenvalue weighted by molar-refractivity contribution is -0.274. The van der Waals surface area contributed by atoms with Crippen LogP contribution in [0.25, 0.3) is 0 Å². The highest BCUT2D eigenvalue weighted by Gasteiger charge is 2.31. The van der Waals surface area contributed by atoms with Crippen LogP contribution < -0.4 is 10.1 Å². The molecule has 154 valence electrons. The van der Waals surface area contributed by atoms with Gasteiger partial charge >= 0.3 is 6.36 Å². The monoisotopic (exact) mass is 434 g/mol. The van der Waals surface area contributed by atoms with Gasteiger partial charge in [0, 0.05) is 17.8 Å². The number of anilines is 2. The Morgan fingerprint density at radius 1 is 1.18 bits per heavy atom. The van der Waals surface area contributed by atoms with Crippen LogP contribution in [-0.2, 0) is 4.79 Å². The van der Waals surface area contributed by atoms with Crippen LogP contribution in [0.5, 0.6) is 5.75 Å². The van der Waals surface area contributed by atoms with Gasteiger partial charge in [-0.15, -0.1) is 23.4 Å². The van der Waals surface area contributed by atoms with Crippen LogP contribution in [0.1, 0.15) is 27.7 Å². The Bertz CT molecular complexity index is 771. The van der Waals surface area contributed by atoms with Crippen molar-refractivity contribution in [2.45, 2.75) is 50.5 Å². The third-order valence-electron chi connectivity index (χ3n) is 3.47. The van der Waals surface area contributed by atoms with Crippen molar-refractivity contribution >= 4 is 39.8 Å². The third-order valence-corrected chi connectivity index (χ3v) is 5.42. The molecule has 0 fully saturated rings. The molecule has 0 aliphatic rings. The lowest BCUT2D eigenvalue weighted by atomic mass is 10.2. The number of amides is 1. The predicted molar refractivity (Wildman–Crippen MR) is 104 cm³/mol. The Morgan fingerprint density at radius 2 is 1.79 bits per heavy atom. The molecule has 2 rings (SSSR count). The zero-order valence-corrected chi connectivity index (χ0v) is 17.4. The molecular weight excluding hydrogens is 413 g/mol. The first kappa shape index (κ1) is 22.3. The second-order valence-electron chi connectivity index (χ2n) is 6.35. The number of thioether (sulfide) groups is 1. The molecule has 11 heteroatoms. The van der Waals surface area contributed by atoms with Crippen molar-refractivity contribution in [3.63, 3.8) is 0 Å². The van der Waals surface area contributed by atoms with Gasteiger partial charge in [-0.05, 0) is 52.0 Å². The van der Waals surface area contributed by atoms with Gasteiger partial charge in [0.1, 0.15) is 5.75 Å². The van der Waals surface area contributed by atoms with Crippen LogP contribution >= 0.6 is 23.1 Å². The summed E-state index contributed by atoms with van der Waals surface area (Å²) in [6.07, 6.45) is -4.72. The van der Waals surface area contributed by atoms with Crippen molar-refractivity contribution in [2.75, 3.05) is 11.1 Å². The zero-order valence-electron chi connectivity index (χ0n) is 15.8. The number of nitrogens with one attached hydrogen (secondary N) is 1. The molecule has 0 aliphatic heterocycles. The number of rotatable bonds is 8. The SMILES string of the molecule is CC(C)N(C(=O)CSc1nnc(Nc2ccc(OC(F)(F)F)cc2)s1)C(C)C. The Hall–Kier alpha value is -2.01. The molecule has 1 aromatic heterocycles. The van der Waals surface area contributed by atoms with E-state index in [1.807, 2.05) is 32.6 Å². The van der Waals surface area contributed by atoms with Gasteiger partial charge in [0.2, 0.25) is 11.0 Å². The highest BCUT2D eigenvalue weighted by molar-refractivity contribution is 8.01. The number of hydrogen-bond acceptors (Lipinski definition) is 7. The summed E-state index contributed by atoms with van der Waals surface area (Å²) in [6, 6.07) is 5.53. The lowest BCUT2D eigenvalue weighted by Gasteiger charge is -2.30. The number of benzene rings is 1. The van der Waals surface area contributed by atoms with Crippen molar-refractivity contribution in [1.29, 1.82) is 0 Å². The minimum Gasteiger partial charge on any atom is -0.406 e. The zero-order chi connectivity index (χ0) is 20.9. The normalized spacial score (nSPS) is 11.8. The first-order chi connectivity index (χ1) is 13.0. The van der Waals surface area contributed by atoms with Crippen molar-refractivity contribution in [2.24, 2.45) is 0 Å². The van der Waals surface area contributed by atoms with E-state index in [1.54, 1.807) is 0 Å². The molecule has 6 nitrogen and oxygen atoms in total. The minimum atomic E-state index is -4.72. The van der Waals surface area contributed by atoms with Gasteiger partial charge in [-0.25, -0.2) is 0 Å². The molecule has 0 unspecified atom stereocenters. The van der Waals surface area contributed by atoms with Crippen LogP contribution in [0, 0.1) is 0 Å². The standard InChI is InChI=1S/C17H21F3N4O2S2/c1-10(2)24(11(3)4)14(25)9-27-16-23-22-15(28-16)21-12-5-7-13(8-6-12)26-17(18,19)20/h5-8,10-11H,9H2,1-4H3,(H,21,22). The van der Waals surface area contributed by atoms with E-state index in [-0.39, 0.29) is 29.5 Å². The average molecular weight is 435 g/mol. The second-order valence-corrected chi connectivity index (χ2v) is 8.55. The molecule has 0 atom stereocenters. The van der Waals surface area contributed by atoms with Gasteiger partial charge < -0.3 is 15.0 Å². The molecule has 1 amide bonds. The van der Waals surface area contributed by atoms with E-state index in [2.05, 4.69) is 20.3 Å². The summed E-state index contributed by atoms with van der Waals surface area (Å²) in [5.41, 5.74) is 0.545. The number of halogens is 3. The first-order valence-electron chi connectivity index (χ1n) is 8.45. The van der Waals surface area contributed by atoms with Crippen LogP contribution in [0.15, 0.2) is 28.6 Å². The van der Waals surface area contributed by atoms with Crippen molar-refractivity contribution in [3.8, 4) is 5.75 Å². The van der Waals surface area contributed by atoms with Gasteiger partial charge in [0.25, 0.3) is 0 Å². The summed E-state index contributed by atoms with van der Waals surface area (Å²) in [7, 11) is 0. The maximum atomic E-state index is 12.4. The van der Waals surface area contributed by atoms with E-state index >= 15 is 0 Å². The quantitative estimate of drug-likeness (QED) is 0.595. The van der Waals surface area contributed by atoms with Gasteiger partial charge in [0.05, 0.1) is 5.75 Å². The Morgan fingerprint density at radius 3 is 2.32 bits per heavy atom. The summed E-state index contributed by atoms with van der Waals surface area (Å²) in [6.45, 7) is 7.89. The maximum absolute atomic E-state index is 12.4. The topological polar surface area (TPSA) is 67.4 Å². The average Bonchev–Trinajstić information content (AvgIpc) is 3.00. The summed E-state index contributed by atoms with van der Waals surface area (Å²) in [4.78, 5) is 14.2. The maximum Gasteiger partial charge on any atom is 0.573 e. The number of carbonyl (C=O) groups is 1. The summed E-state index contributed by atoms with van der Waals surface area (Å²) in [5.74, 6) is -0.0148. The van der Waals surface area contributed by atoms with Crippen molar-refractivity contribution in [1.82, 2.24) is 15.1 Å². The summed E-state index contributed by atoms with van der Waals surface area (Å²) < 4.78 is 41.0. The highest BCUT2D eigenvalue weighted by Crippen LogP contribution is 2.29. The van der Waals surface area contributed by atoms with Gasteiger partial charge in [-0.2, -0.15) is 0 Å². The molecule has 0 aliphatic carbocycles. The highest BCUT2D eigenvalue weighted by atomic mass is 32.2. The molecule has 1 N–H and O–H groups in total. The van der Waals surface area contributed by atoms with Gasteiger partial charge in [-0.1, -0.05) is 23.1 Å². The number of alkyl halides is 3. The van der Waals surface area contributed by atoms with Crippen LogP contribution in [0.3, 0.4) is 0 Å². The molecule has 0 saturated heterocycles. The Labute approximate surface area is 169 Å². The molecule has 0 spiro atoms. The number of ether oxygens (including phenoxy) is 1. The fourth-order valence-corrected chi connectivity index (χ4v) is 4.19. The largest absolute Gasteiger partial charge is 0.573 e. The van der Waals surface area contributed by atoms with E-state index in [0.29, 0.717) is 15.2 Å². The minimum absolute atomic E-state index is 0.0277. The molecular formula is C17H21F3N4O2S2. The Balaban J connectivity index is 1.91. The van der Waals surface area contributed by atoms with Gasteiger partial charge in [-0.3, -0.25) is 4.79 Å². The molecule has 1 aromatic carbocycles. The van der Waals surface area contributed by atoms with E-state index < -0.39 is 6.36 Å². The molecule has 0 bridgehead atoms. The van der Waals surface area contributed by atoms with Crippen LogP contribution in [0.4, 0.5) is 24.0 Å². The van der Waals surface area contributed by atoms with E-state index in [4.69, 9.17) is 0 Å². The number of hydrogen-bond donors (Lipinski definition) is 1. The van der Waals surface area contributed by atoms with Crippen molar-refractivity contribution < 1.29 is 22.7 Å². The second kappa shape index (κ2) is 9.46.